The molecule has 1 atom stereocenters. The number of aromatic nitrogens is 1. The van der Waals surface area contributed by atoms with Gasteiger partial charge in [0.25, 0.3) is 0 Å². The van der Waals surface area contributed by atoms with E-state index in [1.54, 1.807) is 0 Å². The molecular formula is C26H28ClN3O3. The molecule has 0 saturated carbocycles. The lowest BCUT2D eigenvalue weighted by molar-refractivity contribution is -0.0355. The monoisotopic (exact) mass is 465 g/mol. The maximum Gasteiger partial charge on any atom is 0.324 e. The number of hydrogen-bond donors (Lipinski definition) is 1. The number of carbonyl (C=O) groups excluding carboxylic acids is 1. The van der Waals surface area contributed by atoms with Crippen molar-refractivity contribution in [1.29, 1.82) is 0 Å². The van der Waals surface area contributed by atoms with Gasteiger partial charge in [0.15, 0.2) is 0 Å². The molecule has 0 aliphatic carbocycles. The number of ether oxygens (including phenoxy) is 1. The van der Waals surface area contributed by atoms with E-state index in [1.807, 2.05) is 30.9 Å². The van der Waals surface area contributed by atoms with Crippen molar-refractivity contribution in [2.45, 2.75) is 44.6 Å². The molecule has 172 valence electrons. The van der Waals surface area contributed by atoms with Crippen LogP contribution in [0.3, 0.4) is 0 Å². The summed E-state index contributed by atoms with van der Waals surface area (Å²) in [6.45, 7) is 5.79. The summed E-state index contributed by atoms with van der Waals surface area (Å²) in [4.78, 5) is 14.5. The molecule has 2 aliphatic rings. The maximum absolute atomic E-state index is 12.7. The molecule has 2 aromatic carbocycles. The second-order valence-corrected chi connectivity index (χ2v) is 9.60. The number of carbonyl (C=O) groups is 1. The molecule has 2 fully saturated rings. The average molecular weight is 466 g/mol. The average Bonchev–Trinajstić information content (AvgIpc) is 3.39. The molecule has 7 heteroatoms. The third-order valence-electron chi connectivity index (χ3n) is 7.08. The van der Waals surface area contributed by atoms with Crippen LogP contribution in [0.2, 0.25) is 5.02 Å². The van der Waals surface area contributed by atoms with E-state index in [9.17, 15) is 4.79 Å². The number of nitrogens with one attached hydrogen (secondary N) is 1. The lowest BCUT2D eigenvalue weighted by atomic mass is 9.83. The highest BCUT2D eigenvalue weighted by Gasteiger charge is 2.44. The number of urea groups is 1. The number of nitrogens with zero attached hydrogens (tertiary/aromatic N) is 2. The van der Waals surface area contributed by atoms with Crippen molar-refractivity contribution in [3.8, 4) is 11.1 Å². The number of halogens is 1. The van der Waals surface area contributed by atoms with Crippen LogP contribution in [0.15, 0.2) is 53.1 Å². The zero-order chi connectivity index (χ0) is 23.0. The van der Waals surface area contributed by atoms with Crippen LogP contribution in [0.4, 0.5) is 10.7 Å². The Labute approximate surface area is 198 Å². The first-order valence-electron chi connectivity index (χ1n) is 11.4. The lowest BCUT2D eigenvalue weighted by Crippen LogP contribution is -2.47. The number of anilines is 1. The molecule has 6 nitrogen and oxygen atoms in total. The van der Waals surface area contributed by atoms with E-state index in [2.05, 4.69) is 46.9 Å². The van der Waals surface area contributed by atoms with Gasteiger partial charge in [-0.3, -0.25) is 5.32 Å². The fraction of sp³-hybridized carbons (Fsp3) is 0.385. The van der Waals surface area contributed by atoms with Crippen LogP contribution in [-0.4, -0.2) is 41.4 Å². The van der Waals surface area contributed by atoms with Gasteiger partial charge in [-0.2, -0.15) is 0 Å². The smallest absolute Gasteiger partial charge is 0.324 e. The number of amides is 2. The molecule has 0 unspecified atom stereocenters. The highest BCUT2D eigenvalue weighted by Crippen LogP contribution is 2.43. The van der Waals surface area contributed by atoms with E-state index in [0.717, 1.165) is 41.1 Å². The molecule has 5 rings (SSSR count). The fourth-order valence-corrected chi connectivity index (χ4v) is 4.97. The first-order chi connectivity index (χ1) is 15.9. The summed E-state index contributed by atoms with van der Waals surface area (Å²) in [7, 11) is 0. The van der Waals surface area contributed by atoms with Crippen LogP contribution < -0.4 is 5.32 Å². The van der Waals surface area contributed by atoms with E-state index in [0.29, 0.717) is 31.5 Å². The molecule has 0 radical (unpaired) electrons. The molecule has 33 heavy (non-hydrogen) atoms. The highest BCUT2D eigenvalue weighted by molar-refractivity contribution is 6.30. The van der Waals surface area contributed by atoms with Crippen LogP contribution in [0, 0.1) is 13.8 Å². The van der Waals surface area contributed by atoms with Gasteiger partial charge in [-0.05, 0) is 61.9 Å². The molecule has 2 aliphatic heterocycles. The quantitative estimate of drug-likeness (QED) is 0.501. The number of aryl methyl sites for hydroxylation is 1. The molecule has 2 amide bonds. The molecule has 3 aromatic rings. The van der Waals surface area contributed by atoms with Gasteiger partial charge in [0.05, 0.1) is 17.9 Å². The SMILES string of the molecule is Cc1noc(NC(=O)N2CCC3(CC2)C[C@@H](c2cccc(-c4ccc(Cl)cc4)c2)CO3)c1C. The van der Waals surface area contributed by atoms with Crippen molar-refractivity contribution < 1.29 is 14.1 Å². The van der Waals surface area contributed by atoms with E-state index in [-0.39, 0.29) is 11.6 Å². The third-order valence-corrected chi connectivity index (χ3v) is 7.34. The Kier molecular flexibility index (Phi) is 5.89. The van der Waals surface area contributed by atoms with Crippen LogP contribution in [-0.2, 0) is 4.74 Å². The Balaban J connectivity index is 1.21. The van der Waals surface area contributed by atoms with Crippen molar-refractivity contribution in [2.24, 2.45) is 0 Å². The van der Waals surface area contributed by atoms with Gasteiger partial charge < -0.3 is 14.2 Å². The number of hydrogen-bond acceptors (Lipinski definition) is 4. The number of piperidine rings is 1. The molecule has 1 aromatic heterocycles. The van der Waals surface area contributed by atoms with Crippen LogP contribution in [0.25, 0.3) is 11.1 Å². The van der Waals surface area contributed by atoms with E-state index >= 15 is 0 Å². The van der Waals surface area contributed by atoms with Gasteiger partial charge in [0, 0.05) is 29.6 Å². The second kappa shape index (κ2) is 8.84. The number of rotatable bonds is 3. The first-order valence-corrected chi connectivity index (χ1v) is 11.8. The largest absolute Gasteiger partial charge is 0.374 e. The van der Waals surface area contributed by atoms with Gasteiger partial charge in [0.1, 0.15) is 0 Å². The minimum Gasteiger partial charge on any atom is -0.374 e. The fourth-order valence-electron chi connectivity index (χ4n) is 4.85. The van der Waals surface area contributed by atoms with E-state index in [4.69, 9.17) is 20.9 Å². The highest BCUT2D eigenvalue weighted by atomic mass is 35.5. The predicted molar refractivity (Wildman–Crippen MR) is 129 cm³/mol. The van der Waals surface area contributed by atoms with Crippen LogP contribution >= 0.6 is 11.6 Å². The number of benzene rings is 2. The van der Waals surface area contributed by atoms with Crippen molar-refractivity contribution in [3.05, 3.63) is 70.4 Å². The van der Waals surface area contributed by atoms with Crippen molar-refractivity contribution >= 4 is 23.5 Å². The van der Waals surface area contributed by atoms with Gasteiger partial charge >= 0.3 is 6.03 Å². The van der Waals surface area contributed by atoms with Gasteiger partial charge in [0.2, 0.25) is 5.88 Å². The van der Waals surface area contributed by atoms with Crippen LogP contribution in [0.1, 0.15) is 42.0 Å². The normalized spacial score (nSPS) is 19.7. The zero-order valence-corrected chi connectivity index (χ0v) is 19.7. The molecule has 2 saturated heterocycles. The van der Waals surface area contributed by atoms with Crippen molar-refractivity contribution in [2.75, 3.05) is 25.0 Å². The van der Waals surface area contributed by atoms with Crippen molar-refractivity contribution in [3.63, 3.8) is 0 Å². The van der Waals surface area contributed by atoms with E-state index in [1.165, 1.54) is 11.1 Å². The minimum atomic E-state index is -0.156. The maximum atomic E-state index is 12.7. The predicted octanol–water partition coefficient (Wildman–Crippen LogP) is 6.18. The minimum absolute atomic E-state index is 0.144. The summed E-state index contributed by atoms with van der Waals surface area (Å²) in [6.07, 6.45) is 2.65. The summed E-state index contributed by atoms with van der Waals surface area (Å²) in [5.41, 5.74) is 5.14. The zero-order valence-electron chi connectivity index (χ0n) is 18.9. The summed E-state index contributed by atoms with van der Waals surface area (Å²) >= 11 is 6.04. The molecule has 0 bridgehead atoms. The Hall–Kier alpha value is -2.83. The molecule has 1 spiro atoms. The van der Waals surface area contributed by atoms with Gasteiger partial charge in [-0.25, -0.2) is 4.79 Å². The first kappa shape index (κ1) is 22.0. The lowest BCUT2D eigenvalue weighted by Gasteiger charge is -2.38. The Morgan fingerprint density at radius 2 is 1.88 bits per heavy atom. The summed E-state index contributed by atoms with van der Waals surface area (Å²) < 4.78 is 11.6. The number of likely N-dealkylation sites (tertiary alicyclic amines) is 1. The van der Waals surface area contributed by atoms with Crippen LogP contribution in [0.5, 0.6) is 0 Å². The van der Waals surface area contributed by atoms with Gasteiger partial charge in [-0.1, -0.05) is 53.2 Å². The molecule has 3 heterocycles. The third kappa shape index (κ3) is 4.50. The Morgan fingerprint density at radius 1 is 1.12 bits per heavy atom. The van der Waals surface area contributed by atoms with Crippen molar-refractivity contribution in [1.82, 2.24) is 10.1 Å². The summed E-state index contributed by atoms with van der Waals surface area (Å²) in [5.74, 6) is 0.785. The second-order valence-electron chi connectivity index (χ2n) is 9.17. The van der Waals surface area contributed by atoms with Gasteiger partial charge in [-0.15, -0.1) is 0 Å². The standard InChI is InChI=1S/C26H28ClN3O3/c1-17-18(2)29-33-24(17)28-25(31)30-12-10-26(11-13-30)15-22(16-32-26)21-5-3-4-20(14-21)19-6-8-23(27)9-7-19/h3-9,14,22H,10-13,15-16H2,1-2H3,(H,28,31)/t22-/m1/s1. The topological polar surface area (TPSA) is 67.6 Å². The Bertz CT molecular complexity index is 1150. The molecule has 1 N–H and O–H groups in total. The van der Waals surface area contributed by atoms with E-state index < -0.39 is 0 Å². The Morgan fingerprint density at radius 3 is 2.58 bits per heavy atom. The molecular weight excluding hydrogens is 438 g/mol. The summed E-state index contributed by atoms with van der Waals surface area (Å²) in [6, 6.07) is 16.5. The summed E-state index contributed by atoms with van der Waals surface area (Å²) in [5, 5.41) is 7.50.